The third-order valence-electron chi connectivity index (χ3n) is 2.04. The van der Waals surface area contributed by atoms with Crippen LogP contribution in [0.2, 0.25) is 0 Å². The van der Waals surface area contributed by atoms with Crippen molar-refractivity contribution < 1.29 is 31.4 Å². The molecule has 0 saturated carbocycles. The molecule has 3 N–H and O–H groups in total. The molecule has 0 fully saturated rings. The quantitative estimate of drug-likeness (QED) is 0.761. The second kappa shape index (κ2) is 4.10. The lowest BCUT2D eigenvalue weighted by Crippen LogP contribution is -2.28. The van der Waals surface area contributed by atoms with E-state index in [0.29, 0.717) is 12.1 Å². The van der Waals surface area contributed by atoms with E-state index in [1.807, 2.05) is 0 Å². The Kier molecular flexibility index (Phi) is 3.28. The Balaban J connectivity index is 3.25. The highest BCUT2D eigenvalue weighted by atomic mass is 19.4. The number of aromatic hydroxyl groups is 1. The zero-order chi connectivity index (χ0) is 13.4. The maximum Gasteiger partial charge on any atom is 0.416 e. The van der Waals surface area contributed by atoms with Crippen LogP contribution < -0.4 is 5.73 Å². The van der Waals surface area contributed by atoms with E-state index < -0.39 is 35.3 Å². The smallest absolute Gasteiger partial charge is 0.416 e. The molecule has 1 unspecified atom stereocenters. The third kappa shape index (κ3) is 3.02. The van der Waals surface area contributed by atoms with Crippen molar-refractivity contribution in [3.8, 4) is 5.75 Å². The standard InChI is InChI=1S/C9H7F6NO/c10-8(11,12)4-1-2-6(17)5(3-4)7(16)9(13,14)15/h1-3,7,17H,16H2. The van der Waals surface area contributed by atoms with Crippen molar-refractivity contribution in [1.29, 1.82) is 0 Å². The van der Waals surface area contributed by atoms with Gasteiger partial charge in [-0.05, 0) is 18.2 Å². The molecule has 8 heteroatoms. The second-order valence-electron chi connectivity index (χ2n) is 3.29. The van der Waals surface area contributed by atoms with Crippen molar-refractivity contribution in [3.63, 3.8) is 0 Å². The van der Waals surface area contributed by atoms with Crippen molar-refractivity contribution in [3.05, 3.63) is 29.3 Å². The summed E-state index contributed by atoms with van der Waals surface area (Å²) in [5, 5.41) is 9.09. The molecule has 1 aromatic rings. The Morgan fingerprint density at radius 2 is 1.59 bits per heavy atom. The van der Waals surface area contributed by atoms with Crippen molar-refractivity contribution in [2.24, 2.45) is 5.73 Å². The minimum absolute atomic E-state index is 0.188. The van der Waals surface area contributed by atoms with Crippen LogP contribution in [0.4, 0.5) is 26.3 Å². The fraction of sp³-hybridized carbons (Fsp3) is 0.333. The molecule has 0 saturated heterocycles. The molecule has 96 valence electrons. The van der Waals surface area contributed by atoms with Crippen molar-refractivity contribution in [2.45, 2.75) is 18.4 Å². The molecule has 0 aliphatic heterocycles. The molecule has 17 heavy (non-hydrogen) atoms. The number of nitrogens with two attached hydrogens (primary N) is 1. The monoisotopic (exact) mass is 259 g/mol. The summed E-state index contributed by atoms with van der Waals surface area (Å²) in [5.74, 6) is -0.928. The number of rotatable bonds is 1. The Labute approximate surface area is 91.7 Å². The van der Waals surface area contributed by atoms with Crippen LogP contribution in [0.25, 0.3) is 0 Å². The first-order chi connectivity index (χ1) is 7.53. The molecule has 0 spiro atoms. The minimum atomic E-state index is -4.93. The number of phenolic OH excluding ortho intramolecular Hbond substituents is 1. The summed E-state index contributed by atoms with van der Waals surface area (Å²) >= 11 is 0. The van der Waals surface area contributed by atoms with Crippen molar-refractivity contribution in [1.82, 2.24) is 0 Å². The van der Waals surface area contributed by atoms with Crippen LogP contribution in [0.5, 0.6) is 5.75 Å². The van der Waals surface area contributed by atoms with Gasteiger partial charge in [-0.25, -0.2) is 0 Å². The topological polar surface area (TPSA) is 46.2 Å². The van der Waals surface area contributed by atoms with Crippen LogP contribution in [0, 0.1) is 0 Å². The van der Waals surface area contributed by atoms with E-state index in [0.717, 1.165) is 0 Å². The lowest BCUT2D eigenvalue weighted by molar-refractivity contribution is -0.150. The molecule has 0 radical (unpaired) electrons. The molecule has 0 heterocycles. The fourth-order valence-electron chi connectivity index (χ4n) is 1.16. The van der Waals surface area contributed by atoms with Gasteiger partial charge in [0.25, 0.3) is 0 Å². The summed E-state index contributed by atoms with van der Waals surface area (Å²) < 4.78 is 73.4. The molecule has 2 nitrogen and oxygen atoms in total. The average Bonchev–Trinajstić information content (AvgIpc) is 2.14. The van der Waals surface area contributed by atoms with E-state index in [9.17, 15) is 26.3 Å². The maximum atomic E-state index is 12.3. The van der Waals surface area contributed by atoms with Crippen molar-refractivity contribution in [2.75, 3.05) is 0 Å². The molecule has 0 aliphatic carbocycles. The normalized spacial score (nSPS) is 14.8. The molecule has 1 aromatic carbocycles. The zero-order valence-electron chi connectivity index (χ0n) is 8.10. The maximum absolute atomic E-state index is 12.3. The van der Waals surface area contributed by atoms with Crippen LogP contribution in [-0.4, -0.2) is 11.3 Å². The van der Waals surface area contributed by atoms with E-state index in [1.165, 1.54) is 0 Å². The summed E-state index contributed by atoms with van der Waals surface area (Å²) in [6.45, 7) is 0. The summed E-state index contributed by atoms with van der Waals surface area (Å²) in [6.07, 6.45) is -9.73. The van der Waals surface area contributed by atoms with Gasteiger partial charge in [-0.1, -0.05) is 0 Å². The van der Waals surface area contributed by atoms with E-state index in [1.54, 1.807) is 0 Å². The van der Waals surface area contributed by atoms with Gasteiger partial charge in [0.15, 0.2) is 0 Å². The zero-order valence-corrected chi connectivity index (χ0v) is 8.10. The number of hydrogen-bond acceptors (Lipinski definition) is 2. The predicted molar refractivity (Wildman–Crippen MR) is 46.1 cm³/mol. The Morgan fingerprint density at radius 1 is 1.06 bits per heavy atom. The lowest BCUT2D eigenvalue weighted by Gasteiger charge is -2.18. The molecule has 1 rings (SSSR count). The summed E-state index contributed by atoms with van der Waals surface area (Å²) in [5.41, 5.74) is 2.42. The van der Waals surface area contributed by atoms with E-state index in [4.69, 9.17) is 10.8 Å². The van der Waals surface area contributed by atoms with Crippen LogP contribution in [0.1, 0.15) is 17.2 Å². The van der Waals surface area contributed by atoms with Crippen LogP contribution in [0.15, 0.2) is 18.2 Å². The van der Waals surface area contributed by atoms with E-state index >= 15 is 0 Å². The van der Waals surface area contributed by atoms with Gasteiger partial charge in [-0.3, -0.25) is 0 Å². The third-order valence-corrected chi connectivity index (χ3v) is 2.04. The minimum Gasteiger partial charge on any atom is -0.508 e. The highest BCUT2D eigenvalue weighted by molar-refractivity contribution is 5.39. The summed E-state index contributed by atoms with van der Waals surface area (Å²) in [4.78, 5) is 0. The van der Waals surface area contributed by atoms with Gasteiger partial charge in [0, 0.05) is 5.56 Å². The number of alkyl halides is 6. The van der Waals surface area contributed by atoms with Gasteiger partial charge >= 0.3 is 12.4 Å². The van der Waals surface area contributed by atoms with Gasteiger partial charge in [0.1, 0.15) is 11.8 Å². The Morgan fingerprint density at radius 3 is 2.00 bits per heavy atom. The Hall–Kier alpha value is -1.44. The molecule has 0 aliphatic rings. The number of benzene rings is 1. The van der Waals surface area contributed by atoms with Crippen molar-refractivity contribution >= 4 is 0 Å². The molecule has 0 amide bonds. The molecular weight excluding hydrogens is 252 g/mol. The van der Waals surface area contributed by atoms with E-state index in [2.05, 4.69) is 0 Å². The fourth-order valence-corrected chi connectivity index (χ4v) is 1.16. The number of halogens is 6. The number of hydrogen-bond donors (Lipinski definition) is 2. The van der Waals surface area contributed by atoms with E-state index in [-0.39, 0.29) is 6.07 Å². The number of phenols is 1. The van der Waals surface area contributed by atoms with Crippen LogP contribution >= 0.6 is 0 Å². The van der Waals surface area contributed by atoms with Gasteiger partial charge in [0.2, 0.25) is 0 Å². The highest BCUT2D eigenvalue weighted by Gasteiger charge is 2.40. The van der Waals surface area contributed by atoms with Gasteiger partial charge in [-0.15, -0.1) is 0 Å². The predicted octanol–water partition coefficient (Wildman–Crippen LogP) is 2.97. The average molecular weight is 259 g/mol. The lowest BCUT2D eigenvalue weighted by atomic mass is 10.0. The summed E-state index contributed by atoms with van der Waals surface area (Å²) in [6, 6.07) is -1.47. The molecule has 0 bridgehead atoms. The SMILES string of the molecule is NC(c1cc(C(F)(F)F)ccc1O)C(F)(F)F. The Bertz CT molecular complexity index is 411. The largest absolute Gasteiger partial charge is 0.508 e. The first-order valence-electron chi connectivity index (χ1n) is 4.26. The molecular formula is C9H7F6NO. The van der Waals surface area contributed by atoms with Gasteiger partial charge in [-0.2, -0.15) is 26.3 Å². The van der Waals surface area contributed by atoms with Gasteiger partial charge < -0.3 is 10.8 Å². The molecule has 1 atom stereocenters. The second-order valence-corrected chi connectivity index (χ2v) is 3.29. The first kappa shape index (κ1) is 13.6. The van der Waals surface area contributed by atoms with Crippen LogP contribution in [0.3, 0.4) is 0 Å². The highest BCUT2D eigenvalue weighted by Crippen LogP contribution is 2.38. The molecule has 0 aromatic heterocycles. The summed E-state index contributed by atoms with van der Waals surface area (Å²) in [7, 11) is 0. The first-order valence-corrected chi connectivity index (χ1v) is 4.26. The van der Waals surface area contributed by atoms with Gasteiger partial charge in [0.05, 0.1) is 5.56 Å². The van der Waals surface area contributed by atoms with Crippen LogP contribution in [-0.2, 0) is 6.18 Å².